The zero-order valence-corrected chi connectivity index (χ0v) is 10.1. The molecule has 1 aromatic carbocycles. The van der Waals surface area contributed by atoms with Gasteiger partial charge < -0.3 is 10.5 Å². The van der Waals surface area contributed by atoms with Gasteiger partial charge in [0.25, 0.3) is 0 Å². The average molecular weight is 230 g/mol. The summed E-state index contributed by atoms with van der Waals surface area (Å²) in [6.07, 6.45) is 1.63. The van der Waals surface area contributed by atoms with Gasteiger partial charge >= 0.3 is 0 Å². The van der Waals surface area contributed by atoms with Gasteiger partial charge in [0.2, 0.25) is 5.95 Å². The molecule has 0 aliphatic rings. The van der Waals surface area contributed by atoms with Crippen molar-refractivity contribution >= 4 is 5.95 Å². The molecule has 0 atom stereocenters. The van der Waals surface area contributed by atoms with Crippen LogP contribution < -0.4 is 10.5 Å². The van der Waals surface area contributed by atoms with Crippen molar-refractivity contribution in [3.8, 4) is 17.0 Å². The summed E-state index contributed by atoms with van der Waals surface area (Å²) >= 11 is 0. The number of aromatic nitrogens is 3. The van der Waals surface area contributed by atoms with Crippen molar-refractivity contribution in [1.82, 2.24) is 15.2 Å². The highest BCUT2D eigenvalue weighted by molar-refractivity contribution is 5.68. The molecule has 5 heteroatoms. The average Bonchev–Trinajstić information content (AvgIpc) is 2.30. The van der Waals surface area contributed by atoms with Gasteiger partial charge in [0.05, 0.1) is 13.3 Å². The largest absolute Gasteiger partial charge is 0.497 e. The third-order valence-electron chi connectivity index (χ3n) is 2.58. The highest BCUT2D eigenvalue weighted by Crippen LogP contribution is 2.28. The van der Waals surface area contributed by atoms with Crippen molar-refractivity contribution < 1.29 is 4.74 Å². The highest BCUT2D eigenvalue weighted by atomic mass is 16.5. The number of hydrogen-bond donors (Lipinski definition) is 1. The van der Waals surface area contributed by atoms with Crippen molar-refractivity contribution in [2.75, 3.05) is 12.8 Å². The van der Waals surface area contributed by atoms with E-state index in [1.165, 1.54) is 0 Å². The monoisotopic (exact) mass is 230 g/mol. The SMILES string of the molecule is COc1cc(C)c(-c2cnc(N)nn2)c(C)c1. The van der Waals surface area contributed by atoms with Crippen LogP contribution in [0, 0.1) is 13.8 Å². The first-order valence-electron chi connectivity index (χ1n) is 5.22. The first-order valence-corrected chi connectivity index (χ1v) is 5.22. The number of methoxy groups -OCH3 is 1. The maximum absolute atomic E-state index is 5.42. The Morgan fingerprint density at radius 1 is 1.12 bits per heavy atom. The number of nitrogens with zero attached hydrogens (tertiary/aromatic N) is 3. The van der Waals surface area contributed by atoms with Gasteiger partial charge in [-0.2, -0.15) is 0 Å². The molecule has 0 spiro atoms. The minimum Gasteiger partial charge on any atom is -0.497 e. The summed E-state index contributed by atoms with van der Waals surface area (Å²) in [4.78, 5) is 3.95. The van der Waals surface area contributed by atoms with Crippen LogP contribution in [0.3, 0.4) is 0 Å². The minimum atomic E-state index is 0.178. The Hall–Kier alpha value is -2.17. The molecule has 5 nitrogen and oxygen atoms in total. The Morgan fingerprint density at radius 2 is 1.76 bits per heavy atom. The summed E-state index contributed by atoms with van der Waals surface area (Å²) in [5, 5.41) is 7.81. The molecule has 1 heterocycles. The third-order valence-corrected chi connectivity index (χ3v) is 2.58. The molecular weight excluding hydrogens is 216 g/mol. The molecule has 2 aromatic rings. The molecule has 1 aromatic heterocycles. The lowest BCUT2D eigenvalue weighted by Gasteiger charge is -2.10. The minimum absolute atomic E-state index is 0.178. The summed E-state index contributed by atoms with van der Waals surface area (Å²) in [5.74, 6) is 1.01. The molecule has 0 bridgehead atoms. The molecule has 0 unspecified atom stereocenters. The molecule has 0 saturated carbocycles. The zero-order chi connectivity index (χ0) is 12.4. The first-order chi connectivity index (χ1) is 8.11. The van der Waals surface area contributed by atoms with E-state index in [-0.39, 0.29) is 5.95 Å². The van der Waals surface area contributed by atoms with Crippen LogP contribution in [0.2, 0.25) is 0 Å². The molecule has 17 heavy (non-hydrogen) atoms. The van der Waals surface area contributed by atoms with Gasteiger partial charge in [0, 0.05) is 5.56 Å². The van der Waals surface area contributed by atoms with E-state index >= 15 is 0 Å². The molecule has 0 fully saturated rings. The van der Waals surface area contributed by atoms with Crippen LogP contribution in [-0.4, -0.2) is 22.3 Å². The smallest absolute Gasteiger partial charge is 0.240 e. The van der Waals surface area contributed by atoms with E-state index in [9.17, 15) is 0 Å². The first kappa shape index (κ1) is 11.3. The standard InChI is InChI=1S/C12H14N4O/c1-7-4-9(17-3)5-8(2)11(7)10-6-14-12(13)16-15-10/h4-6H,1-3H3,(H2,13,14,16). The van der Waals surface area contributed by atoms with Crippen LogP contribution in [0.4, 0.5) is 5.95 Å². The van der Waals surface area contributed by atoms with Crippen molar-refractivity contribution in [1.29, 1.82) is 0 Å². The molecule has 2 rings (SSSR count). The van der Waals surface area contributed by atoms with Crippen LogP contribution in [0.5, 0.6) is 5.75 Å². The number of benzene rings is 1. The van der Waals surface area contributed by atoms with Crippen LogP contribution in [0.15, 0.2) is 18.3 Å². The van der Waals surface area contributed by atoms with Gasteiger partial charge in [-0.25, -0.2) is 4.98 Å². The highest BCUT2D eigenvalue weighted by Gasteiger charge is 2.10. The fraction of sp³-hybridized carbons (Fsp3) is 0.250. The maximum Gasteiger partial charge on any atom is 0.240 e. The van der Waals surface area contributed by atoms with Crippen molar-refractivity contribution in [2.24, 2.45) is 0 Å². The Kier molecular flexibility index (Phi) is 2.91. The van der Waals surface area contributed by atoms with E-state index in [1.807, 2.05) is 26.0 Å². The van der Waals surface area contributed by atoms with Crippen LogP contribution in [0.25, 0.3) is 11.3 Å². The van der Waals surface area contributed by atoms with Crippen LogP contribution in [-0.2, 0) is 0 Å². The zero-order valence-electron chi connectivity index (χ0n) is 10.1. The second-order valence-electron chi connectivity index (χ2n) is 3.84. The van der Waals surface area contributed by atoms with Crippen LogP contribution >= 0.6 is 0 Å². The lowest BCUT2D eigenvalue weighted by molar-refractivity contribution is 0.414. The van der Waals surface area contributed by atoms with Gasteiger partial charge in [0.15, 0.2) is 0 Å². The van der Waals surface area contributed by atoms with E-state index in [1.54, 1.807) is 13.3 Å². The van der Waals surface area contributed by atoms with Crippen molar-refractivity contribution in [2.45, 2.75) is 13.8 Å². The summed E-state index contributed by atoms with van der Waals surface area (Å²) in [6.45, 7) is 4.01. The quantitative estimate of drug-likeness (QED) is 0.850. The summed E-state index contributed by atoms with van der Waals surface area (Å²) in [7, 11) is 1.65. The van der Waals surface area contributed by atoms with E-state index in [2.05, 4.69) is 15.2 Å². The molecule has 0 radical (unpaired) electrons. The second kappa shape index (κ2) is 4.37. The van der Waals surface area contributed by atoms with Gasteiger partial charge in [0.1, 0.15) is 11.4 Å². The van der Waals surface area contributed by atoms with Crippen molar-refractivity contribution in [3.63, 3.8) is 0 Å². The maximum atomic E-state index is 5.42. The summed E-state index contributed by atoms with van der Waals surface area (Å²) in [6, 6.07) is 3.92. The summed E-state index contributed by atoms with van der Waals surface area (Å²) < 4.78 is 5.21. The number of aryl methyl sites for hydroxylation is 2. The predicted octanol–water partition coefficient (Wildman–Crippen LogP) is 1.75. The van der Waals surface area contributed by atoms with Gasteiger partial charge in [-0.05, 0) is 37.1 Å². The third kappa shape index (κ3) is 2.18. The molecule has 0 aliphatic heterocycles. The van der Waals surface area contributed by atoms with E-state index in [0.717, 1.165) is 28.1 Å². The number of nitrogen functional groups attached to an aromatic ring is 1. The number of hydrogen-bond acceptors (Lipinski definition) is 5. The molecule has 0 aliphatic carbocycles. The second-order valence-corrected chi connectivity index (χ2v) is 3.84. The number of ether oxygens (including phenoxy) is 1. The number of nitrogens with two attached hydrogens (primary N) is 1. The van der Waals surface area contributed by atoms with E-state index in [0.29, 0.717) is 0 Å². The van der Waals surface area contributed by atoms with Gasteiger partial charge in [-0.15, -0.1) is 10.2 Å². The Balaban J connectivity index is 2.55. The Bertz CT molecular complexity index is 514. The van der Waals surface area contributed by atoms with Gasteiger partial charge in [-0.3, -0.25) is 0 Å². The van der Waals surface area contributed by atoms with E-state index < -0.39 is 0 Å². The van der Waals surface area contributed by atoms with Crippen molar-refractivity contribution in [3.05, 3.63) is 29.5 Å². The lowest BCUT2D eigenvalue weighted by atomic mass is 10.00. The van der Waals surface area contributed by atoms with E-state index in [4.69, 9.17) is 10.5 Å². The molecule has 0 saturated heterocycles. The number of anilines is 1. The summed E-state index contributed by atoms with van der Waals surface area (Å²) in [5.41, 5.74) is 9.30. The molecular formula is C12H14N4O. The van der Waals surface area contributed by atoms with Gasteiger partial charge in [-0.1, -0.05) is 0 Å². The molecule has 88 valence electrons. The predicted molar refractivity (Wildman–Crippen MR) is 65.7 cm³/mol. The lowest BCUT2D eigenvalue weighted by Crippen LogP contribution is -2.00. The molecule has 2 N–H and O–H groups in total. The normalized spacial score (nSPS) is 10.3. The fourth-order valence-corrected chi connectivity index (χ4v) is 1.84. The van der Waals surface area contributed by atoms with Crippen LogP contribution in [0.1, 0.15) is 11.1 Å². The topological polar surface area (TPSA) is 73.9 Å². The molecule has 0 amide bonds. The number of rotatable bonds is 2. The Morgan fingerprint density at radius 3 is 2.24 bits per heavy atom. The Labute approximate surface area is 99.7 Å². The fourth-order valence-electron chi connectivity index (χ4n) is 1.84.